The average molecular weight is 287 g/mol. The fraction of sp³-hybridized carbons (Fsp3) is 0.556. The van der Waals surface area contributed by atoms with Crippen molar-refractivity contribution in [2.45, 2.75) is 32.6 Å². The lowest BCUT2D eigenvalue weighted by molar-refractivity contribution is 0.262. The Hall–Kier alpha value is -1.50. The number of hydrogen-bond acceptors (Lipinski definition) is 3. The topological polar surface area (TPSA) is 32.7 Å². The molecule has 1 heterocycles. The van der Waals surface area contributed by atoms with Crippen molar-refractivity contribution in [3.05, 3.63) is 29.3 Å². The van der Waals surface area contributed by atoms with E-state index in [1.54, 1.807) is 0 Å². The van der Waals surface area contributed by atoms with Crippen LogP contribution in [0.15, 0.2) is 18.2 Å². The Labute approximate surface area is 127 Å². The number of ether oxygens (including phenoxy) is 1. The summed E-state index contributed by atoms with van der Waals surface area (Å²) in [6.45, 7) is 6.58. The normalized spacial score (nSPS) is 14.8. The van der Waals surface area contributed by atoms with Crippen LogP contribution in [-0.4, -0.2) is 42.9 Å². The maximum Gasteiger partial charge on any atom is 0.122 e. The third-order valence-corrected chi connectivity index (χ3v) is 3.72. The summed E-state index contributed by atoms with van der Waals surface area (Å²) in [6.07, 6.45) is 4.29. The summed E-state index contributed by atoms with van der Waals surface area (Å²) in [5, 5.41) is 8.72. The third kappa shape index (κ3) is 5.41. The van der Waals surface area contributed by atoms with E-state index >= 15 is 0 Å². The highest BCUT2D eigenvalue weighted by molar-refractivity contribution is 5.43. The van der Waals surface area contributed by atoms with Crippen LogP contribution >= 0.6 is 0 Å². The van der Waals surface area contributed by atoms with Crippen LogP contribution in [0.5, 0.6) is 5.75 Å². The maximum absolute atomic E-state index is 8.72. The molecule has 0 atom stereocenters. The Bertz CT molecular complexity index is 496. The molecule has 1 aromatic carbocycles. The highest BCUT2D eigenvalue weighted by Gasteiger charge is 2.10. The van der Waals surface area contributed by atoms with Crippen molar-refractivity contribution in [3.63, 3.8) is 0 Å². The van der Waals surface area contributed by atoms with E-state index in [4.69, 9.17) is 9.84 Å². The Morgan fingerprint density at radius 3 is 2.81 bits per heavy atom. The lowest BCUT2D eigenvalue weighted by Gasteiger charge is -2.15. The van der Waals surface area contributed by atoms with Gasteiger partial charge < -0.3 is 14.7 Å². The van der Waals surface area contributed by atoms with Gasteiger partial charge in [-0.1, -0.05) is 11.8 Å². The van der Waals surface area contributed by atoms with E-state index in [-0.39, 0.29) is 6.61 Å². The molecule has 21 heavy (non-hydrogen) atoms. The summed E-state index contributed by atoms with van der Waals surface area (Å²) < 4.78 is 5.86. The first-order valence-corrected chi connectivity index (χ1v) is 7.85. The van der Waals surface area contributed by atoms with Gasteiger partial charge in [-0.3, -0.25) is 0 Å². The predicted molar refractivity (Wildman–Crippen MR) is 85.5 cm³/mol. The van der Waals surface area contributed by atoms with Crippen molar-refractivity contribution in [1.82, 2.24) is 4.90 Å². The van der Waals surface area contributed by atoms with Crippen LogP contribution in [0.3, 0.4) is 0 Å². The van der Waals surface area contributed by atoms with E-state index in [0.717, 1.165) is 36.4 Å². The number of benzene rings is 1. The van der Waals surface area contributed by atoms with Gasteiger partial charge in [0, 0.05) is 18.5 Å². The van der Waals surface area contributed by atoms with Gasteiger partial charge in [0.1, 0.15) is 5.75 Å². The zero-order chi connectivity index (χ0) is 14.9. The molecule has 1 fully saturated rings. The van der Waals surface area contributed by atoms with E-state index in [9.17, 15) is 0 Å². The molecule has 1 aromatic rings. The summed E-state index contributed by atoms with van der Waals surface area (Å²) in [5.41, 5.74) is 2.09. The van der Waals surface area contributed by atoms with Crippen molar-refractivity contribution >= 4 is 0 Å². The van der Waals surface area contributed by atoms with Gasteiger partial charge >= 0.3 is 0 Å². The fourth-order valence-electron chi connectivity index (χ4n) is 2.59. The molecule has 1 N–H and O–H groups in total. The van der Waals surface area contributed by atoms with Crippen LogP contribution in [0, 0.1) is 18.8 Å². The van der Waals surface area contributed by atoms with Crippen LogP contribution in [0.4, 0.5) is 0 Å². The second kappa shape index (κ2) is 8.71. The molecule has 0 saturated carbocycles. The van der Waals surface area contributed by atoms with Crippen molar-refractivity contribution in [1.29, 1.82) is 0 Å². The first-order chi connectivity index (χ1) is 10.3. The van der Waals surface area contributed by atoms with E-state index in [0.29, 0.717) is 6.42 Å². The molecule has 0 aliphatic carbocycles. The number of aliphatic hydroxyl groups excluding tert-OH is 1. The van der Waals surface area contributed by atoms with Crippen molar-refractivity contribution in [2.75, 3.05) is 32.8 Å². The third-order valence-electron chi connectivity index (χ3n) is 3.72. The molecule has 0 amide bonds. The van der Waals surface area contributed by atoms with Crippen LogP contribution in [0.25, 0.3) is 0 Å². The average Bonchev–Trinajstić information content (AvgIpc) is 2.99. The van der Waals surface area contributed by atoms with Gasteiger partial charge in [-0.15, -0.1) is 0 Å². The monoisotopic (exact) mass is 287 g/mol. The summed E-state index contributed by atoms with van der Waals surface area (Å²) in [5.74, 6) is 6.93. The van der Waals surface area contributed by atoms with E-state index in [2.05, 4.69) is 16.7 Å². The largest absolute Gasteiger partial charge is 0.493 e. The molecule has 2 rings (SSSR count). The summed E-state index contributed by atoms with van der Waals surface area (Å²) in [7, 11) is 0. The molecule has 3 heteroatoms. The van der Waals surface area contributed by atoms with Crippen LogP contribution in [-0.2, 0) is 0 Å². The molecule has 114 valence electrons. The minimum Gasteiger partial charge on any atom is -0.493 e. The molecule has 1 aliphatic heterocycles. The van der Waals surface area contributed by atoms with Crippen molar-refractivity contribution in [2.24, 2.45) is 0 Å². The molecule has 1 saturated heterocycles. The zero-order valence-corrected chi connectivity index (χ0v) is 12.9. The minimum absolute atomic E-state index is 0.115. The van der Waals surface area contributed by atoms with Crippen LogP contribution < -0.4 is 4.74 Å². The van der Waals surface area contributed by atoms with E-state index < -0.39 is 0 Å². The summed E-state index contributed by atoms with van der Waals surface area (Å²) >= 11 is 0. The van der Waals surface area contributed by atoms with Crippen molar-refractivity contribution < 1.29 is 9.84 Å². The van der Waals surface area contributed by atoms with Crippen molar-refractivity contribution in [3.8, 4) is 17.6 Å². The number of likely N-dealkylation sites (tertiary alicyclic amines) is 1. The first-order valence-electron chi connectivity index (χ1n) is 7.85. The highest BCUT2D eigenvalue weighted by atomic mass is 16.5. The van der Waals surface area contributed by atoms with Gasteiger partial charge in [0.05, 0.1) is 13.2 Å². The zero-order valence-electron chi connectivity index (χ0n) is 12.9. The fourth-order valence-corrected chi connectivity index (χ4v) is 2.59. The first kappa shape index (κ1) is 15.9. The second-order valence-electron chi connectivity index (χ2n) is 5.51. The molecular formula is C18H25NO2. The lowest BCUT2D eigenvalue weighted by atomic mass is 10.1. The van der Waals surface area contributed by atoms with Gasteiger partial charge in [-0.2, -0.15) is 0 Å². The Morgan fingerprint density at radius 2 is 2.10 bits per heavy atom. The van der Waals surface area contributed by atoms with E-state index in [1.807, 2.05) is 25.1 Å². The minimum atomic E-state index is 0.115. The summed E-state index contributed by atoms with van der Waals surface area (Å²) in [4.78, 5) is 2.51. The highest BCUT2D eigenvalue weighted by Crippen LogP contribution is 2.19. The maximum atomic E-state index is 8.72. The molecule has 0 unspecified atom stereocenters. The molecule has 0 spiro atoms. The van der Waals surface area contributed by atoms with Gasteiger partial charge in [-0.25, -0.2) is 0 Å². The molecular weight excluding hydrogens is 262 g/mol. The summed E-state index contributed by atoms with van der Waals surface area (Å²) in [6, 6.07) is 6.02. The smallest absolute Gasteiger partial charge is 0.122 e. The van der Waals surface area contributed by atoms with Gasteiger partial charge in [0.15, 0.2) is 0 Å². The quantitative estimate of drug-likeness (QED) is 0.645. The molecule has 0 bridgehead atoms. The SMILES string of the molecule is Cc1cc(C#CCCO)ccc1OCCCN1CCCC1. The lowest BCUT2D eigenvalue weighted by Crippen LogP contribution is -2.21. The number of nitrogens with zero attached hydrogens (tertiary/aromatic N) is 1. The number of rotatable bonds is 6. The predicted octanol–water partition coefficient (Wildman–Crippen LogP) is 2.59. The van der Waals surface area contributed by atoms with Crippen LogP contribution in [0.2, 0.25) is 0 Å². The molecule has 0 radical (unpaired) electrons. The van der Waals surface area contributed by atoms with Gasteiger partial charge in [0.25, 0.3) is 0 Å². The molecule has 3 nitrogen and oxygen atoms in total. The van der Waals surface area contributed by atoms with Gasteiger partial charge in [0.2, 0.25) is 0 Å². The molecule has 1 aliphatic rings. The molecule has 0 aromatic heterocycles. The Morgan fingerprint density at radius 1 is 1.29 bits per heavy atom. The standard InChI is InChI=1S/C18H25NO2/c1-16-15-17(7-2-5-13-20)8-9-18(16)21-14-6-12-19-10-3-4-11-19/h8-9,15,20H,3-6,10-14H2,1H3. The van der Waals surface area contributed by atoms with E-state index in [1.165, 1.54) is 25.9 Å². The van der Waals surface area contributed by atoms with Crippen LogP contribution in [0.1, 0.15) is 36.8 Å². The number of aryl methyl sites for hydroxylation is 1. The Kier molecular flexibility index (Phi) is 6.59. The number of hydrogen-bond donors (Lipinski definition) is 1. The second-order valence-corrected chi connectivity index (χ2v) is 5.51. The number of aliphatic hydroxyl groups is 1. The van der Waals surface area contributed by atoms with Gasteiger partial charge in [-0.05, 0) is 63.0 Å². The Balaban J connectivity index is 1.76.